The monoisotopic (exact) mass is 529 g/mol. The molecule has 0 spiro atoms. The highest BCUT2D eigenvalue weighted by Gasteiger charge is 2.19. The zero-order valence-corrected chi connectivity index (χ0v) is 23.1. The van der Waals surface area contributed by atoms with E-state index in [1.165, 1.54) is 0 Å². The molecule has 1 fully saturated rings. The van der Waals surface area contributed by atoms with Gasteiger partial charge >= 0.3 is 0 Å². The number of aromatic nitrogens is 2. The lowest BCUT2D eigenvalue weighted by Gasteiger charge is -2.31. The van der Waals surface area contributed by atoms with E-state index in [1.54, 1.807) is 24.2 Å². The standard InChI is InChI=1S/C30H35N5O2S/c1-5-8-11-25-22(4)24(21-27(32-25)26-12-9-10-15-31-26)30(36)33-28-20-23(38-35(6-2)7-3)13-14-29(28)34-16-18-37-19-17-34/h5,8-15,20-21H,4,6-7,16-19H2,1-3H3,(H,33,36)/b8-5-,25-11+. The van der Waals surface area contributed by atoms with Gasteiger partial charge in [0.25, 0.3) is 5.91 Å². The van der Waals surface area contributed by atoms with E-state index in [0.717, 1.165) is 42.4 Å². The lowest BCUT2D eigenvalue weighted by Crippen LogP contribution is -2.37. The molecule has 3 heterocycles. The predicted molar refractivity (Wildman–Crippen MR) is 158 cm³/mol. The normalized spacial score (nSPS) is 14.4. The van der Waals surface area contributed by atoms with E-state index in [0.29, 0.717) is 40.7 Å². The number of allylic oxidation sites excluding steroid dienone is 2. The van der Waals surface area contributed by atoms with Gasteiger partial charge in [-0.05, 0) is 61.3 Å². The lowest BCUT2D eigenvalue weighted by molar-refractivity contribution is 0.102. The Bertz CT molecular complexity index is 1380. The van der Waals surface area contributed by atoms with Gasteiger partial charge in [0.1, 0.15) is 0 Å². The van der Waals surface area contributed by atoms with E-state index in [1.807, 2.05) is 43.4 Å². The number of ether oxygens (including phenoxy) is 1. The summed E-state index contributed by atoms with van der Waals surface area (Å²) in [6.45, 7) is 15.2. The average molecular weight is 530 g/mol. The van der Waals surface area contributed by atoms with E-state index < -0.39 is 0 Å². The van der Waals surface area contributed by atoms with Crippen LogP contribution in [0.1, 0.15) is 31.1 Å². The van der Waals surface area contributed by atoms with Gasteiger partial charge in [-0.1, -0.05) is 38.6 Å². The maximum absolute atomic E-state index is 13.8. The topological polar surface area (TPSA) is 70.6 Å². The average Bonchev–Trinajstić information content (AvgIpc) is 2.96. The highest BCUT2D eigenvalue weighted by molar-refractivity contribution is 7.97. The Hall–Kier alpha value is -3.46. The first kappa shape index (κ1) is 27.6. The fourth-order valence-corrected chi connectivity index (χ4v) is 5.06. The number of nitrogens with one attached hydrogen (secondary N) is 1. The predicted octanol–water partition coefficient (Wildman–Crippen LogP) is 4.35. The fourth-order valence-electron chi connectivity index (χ4n) is 4.21. The minimum Gasteiger partial charge on any atom is -0.378 e. The number of rotatable bonds is 9. The number of pyridine rings is 2. The van der Waals surface area contributed by atoms with E-state index in [-0.39, 0.29) is 5.91 Å². The fraction of sp³-hybridized carbons (Fsp3) is 0.300. The van der Waals surface area contributed by atoms with Crippen LogP contribution in [-0.4, -0.2) is 59.6 Å². The quantitative estimate of drug-likeness (QED) is 0.413. The molecule has 1 aliphatic rings. The molecule has 3 aromatic rings. The van der Waals surface area contributed by atoms with Crippen LogP contribution in [0.15, 0.2) is 65.7 Å². The maximum Gasteiger partial charge on any atom is 0.256 e. The Morgan fingerprint density at radius 1 is 1.16 bits per heavy atom. The van der Waals surface area contributed by atoms with Gasteiger partial charge in [0.15, 0.2) is 0 Å². The molecule has 0 aliphatic carbocycles. The number of carbonyl (C=O) groups is 1. The molecule has 4 rings (SSSR count). The third-order valence-electron chi connectivity index (χ3n) is 6.28. The van der Waals surface area contributed by atoms with Crippen LogP contribution in [0.3, 0.4) is 0 Å². The Labute approximate surface area is 229 Å². The van der Waals surface area contributed by atoms with Crippen molar-refractivity contribution < 1.29 is 9.53 Å². The summed E-state index contributed by atoms with van der Waals surface area (Å²) in [7, 11) is 0. The summed E-state index contributed by atoms with van der Waals surface area (Å²) in [4.78, 5) is 26.3. The van der Waals surface area contributed by atoms with Crippen molar-refractivity contribution >= 4 is 41.9 Å². The molecule has 0 saturated carbocycles. The minimum atomic E-state index is -0.232. The first-order valence-corrected chi connectivity index (χ1v) is 13.8. The van der Waals surface area contributed by atoms with Crippen LogP contribution in [0.4, 0.5) is 11.4 Å². The van der Waals surface area contributed by atoms with Crippen molar-refractivity contribution in [1.29, 1.82) is 0 Å². The Balaban J connectivity index is 1.76. The van der Waals surface area contributed by atoms with Crippen LogP contribution in [0, 0.1) is 0 Å². The van der Waals surface area contributed by atoms with Gasteiger partial charge < -0.3 is 15.0 Å². The first-order chi connectivity index (χ1) is 18.5. The number of benzene rings is 1. The van der Waals surface area contributed by atoms with Crippen molar-refractivity contribution in [3.8, 4) is 11.4 Å². The van der Waals surface area contributed by atoms with Gasteiger partial charge in [-0.15, -0.1) is 0 Å². The number of nitrogens with zero attached hydrogens (tertiary/aromatic N) is 4. The molecule has 198 valence electrons. The van der Waals surface area contributed by atoms with Crippen molar-refractivity contribution in [3.63, 3.8) is 0 Å². The van der Waals surface area contributed by atoms with Gasteiger partial charge in [0.2, 0.25) is 0 Å². The zero-order valence-electron chi connectivity index (χ0n) is 22.3. The van der Waals surface area contributed by atoms with E-state index in [4.69, 9.17) is 9.72 Å². The summed E-state index contributed by atoms with van der Waals surface area (Å²) in [6, 6.07) is 13.7. The summed E-state index contributed by atoms with van der Waals surface area (Å²) in [5.74, 6) is -0.232. The Morgan fingerprint density at radius 2 is 1.95 bits per heavy atom. The second-order valence-corrected chi connectivity index (χ2v) is 9.93. The van der Waals surface area contributed by atoms with Crippen molar-refractivity contribution in [1.82, 2.24) is 14.3 Å². The van der Waals surface area contributed by atoms with E-state index in [2.05, 4.69) is 58.1 Å². The van der Waals surface area contributed by atoms with Crippen molar-refractivity contribution in [3.05, 3.63) is 76.9 Å². The number of anilines is 2. The number of morpholine rings is 1. The molecule has 0 bridgehead atoms. The molecule has 1 aliphatic heterocycles. The number of hydrogen-bond acceptors (Lipinski definition) is 7. The minimum absolute atomic E-state index is 0.232. The molecule has 7 nitrogen and oxygen atoms in total. The number of hydrogen-bond donors (Lipinski definition) is 1. The Morgan fingerprint density at radius 3 is 2.63 bits per heavy atom. The summed E-state index contributed by atoms with van der Waals surface area (Å²) in [6.07, 6.45) is 7.40. The third kappa shape index (κ3) is 6.69. The van der Waals surface area contributed by atoms with E-state index in [9.17, 15) is 4.79 Å². The van der Waals surface area contributed by atoms with Crippen molar-refractivity contribution in [2.75, 3.05) is 49.6 Å². The zero-order chi connectivity index (χ0) is 26.9. The molecule has 1 aromatic carbocycles. The molecule has 8 heteroatoms. The molecule has 1 N–H and O–H groups in total. The van der Waals surface area contributed by atoms with Gasteiger partial charge in [0.05, 0.1) is 46.9 Å². The SMILES string of the molecule is C=c1c(C(=O)Nc2cc(SN(CC)CC)ccc2N2CCOCC2)cc(-c2ccccn2)n/c1=C/C=C\C. The smallest absolute Gasteiger partial charge is 0.256 e. The molecule has 38 heavy (non-hydrogen) atoms. The molecule has 0 atom stereocenters. The number of amides is 1. The second kappa shape index (κ2) is 13.4. The molecular formula is C30H35N5O2S. The molecule has 2 aromatic heterocycles. The lowest BCUT2D eigenvalue weighted by atomic mass is 10.1. The molecule has 1 saturated heterocycles. The third-order valence-corrected chi connectivity index (χ3v) is 7.52. The second-order valence-electron chi connectivity index (χ2n) is 8.76. The molecular weight excluding hydrogens is 494 g/mol. The summed E-state index contributed by atoms with van der Waals surface area (Å²) >= 11 is 1.69. The van der Waals surface area contributed by atoms with E-state index >= 15 is 0 Å². The summed E-state index contributed by atoms with van der Waals surface area (Å²) in [5.41, 5.74) is 3.53. The Kier molecular flexibility index (Phi) is 9.70. The van der Waals surface area contributed by atoms with Crippen LogP contribution in [0.2, 0.25) is 0 Å². The van der Waals surface area contributed by atoms with Crippen LogP contribution >= 0.6 is 11.9 Å². The van der Waals surface area contributed by atoms with Gasteiger partial charge in [-0.3, -0.25) is 9.78 Å². The largest absolute Gasteiger partial charge is 0.378 e. The highest BCUT2D eigenvalue weighted by Crippen LogP contribution is 2.33. The molecule has 1 amide bonds. The van der Waals surface area contributed by atoms with Crippen LogP contribution in [0.5, 0.6) is 0 Å². The molecule has 0 radical (unpaired) electrons. The van der Waals surface area contributed by atoms with Crippen LogP contribution < -0.4 is 20.8 Å². The van der Waals surface area contributed by atoms with Gasteiger partial charge in [0, 0.05) is 42.5 Å². The maximum atomic E-state index is 13.8. The van der Waals surface area contributed by atoms with Crippen molar-refractivity contribution in [2.45, 2.75) is 25.7 Å². The highest BCUT2D eigenvalue weighted by atomic mass is 32.2. The molecule has 0 unspecified atom stereocenters. The van der Waals surface area contributed by atoms with Gasteiger partial charge in [-0.25, -0.2) is 9.29 Å². The summed E-state index contributed by atoms with van der Waals surface area (Å²) in [5, 5.41) is 4.41. The van der Waals surface area contributed by atoms with Crippen LogP contribution in [-0.2, 0) is 4.74 Å². The number of carbonyl (C=O) groups excluding carboxylic acids is 1. The first-order valence-electron chi connectivity index (χ1n) is 13.0. The van der Waals surface area contributed by atoms with Crippen LogP contribution in [0.25, 0.3) is 24.0 Å². The summed E-state index contributed by atoms with van der Waals surface area (Å²) < 4.78 is 7.84. The van der Waals surface area contributed by atoms with Crippen molar-refractivity contribution in [2.24, 2.45) is 0 Å². The van der Waals surface area contributed by atoms with Gasteiger partial charge in [-0.2, -0.15) is 0 Å².